The minimum absolute atomic E-state index is 0.0635. The lowest BCUT2D eigenvalue weighted by Gasteiger charge is -2.34. The van der Waals surface area contributed by atoms with Crippen molar-refractivity contribution in [3.8, 4) is 5.75 Å². The largest absolute Gasteiger partial charge is 0.497 e. The van der Waals surface area contributed by atoms with E-state index in [1.54, 1.807) is 12.0 Å². The van der Waals surface area contributed by atoms with E-state index in [9.17, 15) is 4.79 Å². The van der Waals surface area contributed by atoms with Crippen molar-refractivity contribution in [3.05, 3.63) is 35.7 Å². The molecule has 7 heteroatoms. The summed E-state index contributed by atoms with van der Waals surface area (Å²) in [6, 6.07) is 7.55. The number of anilines is 1. The van der Waals surface area contributed by atoms with E-state index < -0.39 is 0 Å². The Hall–Kier alpha value is -2.41. The molecular weight excluding hydrogens is 284 g/mol. The second kappa shape index (κ2) is 6.15. The van der Waals surface area contributed by atoms with Crippen LogP contribution < -0.4 is 9.64 Å². The summed E-state index contributed by atoms with van der Waals surface area (Å²) in [6.45, 7) is 4.18. The Balaban J connectivity index is 1.67. The molecule has 0 spiro atoms. The van der Waals surface area contributed by atoms with Gasteiger partial charge in [-0.05, 0) is 19.1 Å². The van der Waals surface area contributed by atoms with E-state index in [-0.39, 0.29) is 5.91 Å². The van der Waals surface area contributed by atoms with Crippen molar-refractivity contribution in [2.75, 3.05) is 31.6 Å². The Kier molecular flexibility index (Phi) is 4.06. The standard InChI is InChI=1S/C15H18N4O3/c1-11-14(17-22-16-11)9-18-6-7-19(15(20)10-18)12-4-3-5-13(8-12)21-2/h3-5,8H,6-7,9-10H2,1-2H3. The van der Waals surface area contributed by atoms with Gasteiger partial charge in [-0.15, -0.1) is 0 Å². The highest BCUT2D eigenvalue weighted by Crippen LogP contribution is 2.23. The Morgan fingerprint density at radius 3 is 2.86 bits per heavy atom. The maximum Gasteiger partial charge on any atom is 0.241 e. The number of aryl methyl sites for hydroxylation is 1. The molecule has 1 aromatic carbocycles. The van der Waals surface area contributed by atoms with Crippen LogP contribution in [-0.4, -0.2) is 47.9 Å². The van der Waals surface area contributed by atoms with E-state index in [2.05, 4.69) is 10.3 Å². The summed E-state index contributed by atoms with van der Waals surface area (Å²) in [5, 5.41) is 7.63. The predicted octanol–water partition coefficient (Wildman–Crippen LogP) is 1.24. The number of ether oxygens (including phenoxy) is 1. The lowest BCUT2D eigenvalue weighted by molar-refractivity contribution is -0.121. The zero-order valence-corrected chi connectivity index (χ0v) is 12.7. The van der Waals surface area contributed by atoms with Gasteiger partial charge in [-0.25, -0.2) is 4.63 Å². The molecule has 0 radical (unpaired) electrons. The van der Waals surface area contributed by atoms with Crippen LogP contribution in [-0.2, 0) is 11.3 Å². The molecule has 7 nitrogen and oxygen atoms in total. The van der Waals surface area contributed by atoms with Gasteiger partial charge >= 0.3 is 0 Å². The van der Waals surface area contributed by atoms with E-state index in [1.165, 1.54) is 0 Å². The molecule has 1 amide bonds. The molecule has 1 aliphatic rings. The normalized spacial score (nSPS) is 16.1. The van der Waals surface area contributed by atoms with Crippen LogP contribution in [0.3, 0.4) is 0 Å². The number of carbonyl (C=O) groups is 1. The third kappa shape index (κ3) is 2.94. The molecule has 0 N–H and O–H groups in total. The fraction of sp³-hybridized carbons (Fsp3) is 0.400. The average Bonchev–Trinajstić information content (AvgIpc) is 2.92. The van der Waals surface area contributed by atoms with Gasteiger partial charge in [0.2, 0.25) is 5.91 Å². The van der Waals surface area contributed by atoms with Gasteiger partial charge < -0.3 is 9.64 Å². The van der Waals surface area contributed by atoms with Gasteiger partial charge in [0, 0.05) is 31.4 Å². The number of rotatable bonds is 4. The van der Waals surface area contributed by atoms with Crippen molar-refractivity contribution < 1.29 is 14.2 Å². The minimum atomic E-state index is 0.0635. The molecular formula is C15H18N4O3. The average molecular weight is 302 g/mol. The van der Waals surface area contributed by atoms with E-state index in [0.717, 1.165) is 29.4 Å². The highest BCUT2D eigenvalue weighted by Gasteiger charge is 2.26. The summed E-state index contributed by atoms with van der Waals surface area (Å²) < 4.78 is 9.91. The number of carbonyl (C=O) groups excluding carboxylic acids is 1. The molecule has 0 saturated carbocycles. The number of piperazine rings is 1. The molecule has 22 heavy (non-hydrogen) atoms. The zero-order valence-electron chi connectivity index (χ0n) is 12.7. The summed E-state index contributed by atoms with van der Waals surface area (Å²) in [5.41, 5.74) is 2.41. The Bertz CT molecular complexity index is 670. The molecule has 1 saturated heterocycles. The summed E-state index contributed by atoms with van der Waals surface area (Å²) in [6.07, 6.45) is 0. The first-order valence-electron chi connectivity index (χ1n) is 7.12. The highest BCUT2D eigenvalue weighted by molar-refractivity contribution is 5.95. The molecule has 0 bridgehead atoms. The van der Waals surface area contributed by atoms with Crippen LogP contribution >= 0.6 is 0 Å². The third-order valence-electron chi connectivity index (χ3n) is 3.78. The molecule has 1 aromatic heterocycles. The molecule has 2 aromatic rings. The van der Waals surface area contributed by atoms with Crippen molar-refractivity contribution in [3.63, 3.8) is 0 Å². The van der Waals surface area contributed by atoms with Gasteiger partial charge in [0.05, 0.1) is 13.7 Å². The van der Waals surface area contributed by atoms with Crippen LogP contribution in [0.15, 0.2) is 28.9 Å². The Morgan fingerprint density at radius 1 is 1.32 bits per heavy atom. The second-order valence-electron chi connectivity index (χ2n) is 5.25. The fourth-order valence-electron chi connectivity index (χ4n) is 2.51. The van der Waals surface area contributed by atoms with Crippen LogP contribution in [0, 0.1) is 6.92 Å². The minimum Gasteiger partial charge on any atom is -0.497 e. The predicted molar refractivity (Wildman–Crippen MR) is 79.7 cm³/mol. The zero-order chi connectivity index (χ0) is 15.5. The van der Waals surface area contributed by atoms with Crippen LogP contribution in [0.4, 0.5) is 5.69 Å². The van der Waals surface area contributed by atoms with Crippen molar-refractivity contribution in [1.82, 2.24) is 15.2 Å². The number of aromatic nitrogens is 2. The monoisotopic (exact) mass is 302 g/mol. The number of amides is 1. The van der Waals surface area contributed by atoms with Gasteiger partial charge in [-0.3, -0.25) is 9.69 Å². The van der Waals surface area contributed by atoms with Crippen molar-refractivity contribution in [1.29, 1.82) is 0 Å². The topological polar surface area (TPSA) is 71.7 Å². The molecule has 3 rings (SSSR count). The highest BCUT2D eigenvalue weighted by atomic mass is 16.6. The molecule has 116 valence electrons. The summed E-state index contributed by atoms with van der Waals surface area (Å²) in [4.78, 5) is 16.2. The SMILES string of the molecule is COc1cccc(N2CCN(Cc3nonc3C)CC2=O)c1. The van der Waals surface area contributed by atoms with Crippen LogP contribution in [0.1, 0.15) is 11.4 Å². The lowest BCUT2D eigenvalue weighted by Crippen LogP contribution is -2.50. The van der Waals surface area contributed by atoms with E-state index in [1.807, 2.05) is 36.1 Å². The van der Waals surface area contributed by atoms with Crippen LogP contribution in [0.5, 0.6) is 5.75 Å². The van der Waals surface area contributed by atoms with Gasteiger partial charge in [0.25, 0.3) is 0 Å². The maximum atomic E-state index is 12.4. The molecule has 0 unspecified atom stereocenters. The first kappa shape index (κ1) is 14.5. The van der Waals surface area contributed by atoms with Gasteiger partial charge in [-0.1, -0.05) is 16.4 Å². The Labute approximate surface area is 128 Å². The number of nitrogens with zero attached hydrogens (tertiary/aromatic N) is 4. The van der Waals surface area contributed by atoms with Gasteiger partial charge in [-0.2, -0.15) is 0 Å². The summed E-state index contributed by atoms with van der Waals surface area (Å²) in [7, 11) is 1.62. The molecule has 1 fully saturated rings. The number of hydrogen-bond donors (Lipinski definition) is 0. The molecule has 1 aliphatic heterocycles. The smallest absolute Gasteiger partial charge is 0.241 e. The third-order valence-corrected chi connectivity index (χ3v) is 3.78. The van der Waals surface area contributed by atoms with Crippen LogP contribution in [0.25, 0.3) is 0 Å². The summed E-state index contributed by atoms with van der Waals surface area (Å²) >= 11 is 0. The number of benzene rings is 1. The van der Waals surface area contributed by atoms with Gasteiger partial charge in [0.1, 0.15) is 17.1 Å². The van der Waals surface area contributed by atoms with E-state index in [0.29, 0.717) is 19.6 Å². The van der Waals surface area contributed by atoms with Crippen molar-refractivity contribution >= 4 is 11.6 Å². The Morgan fingerprint density at radius 2 is 2.18 bits per heavy atom. The number of hydrogen-bond acceptors (Lipinski definition) is 6. The summed E-state index contributed by atoms with van der Waals surface area (Å²) in [5.74, 6) is 0.811. The molecule has 2 heterocycles. The van der Waals surface area contributed by atoms with Crippen molar-refractivity contribution in [2.45, 2.75) is 13.5 Å². The number of methoxy groups -OCH3 is 1. The fourth-order valence-corrected chi connectivity index (χ4v) is 2.51. The molecule has 0 atom stereocenters. The second-order valence-corrected chi connectivity index (χ2v) is 5.25. The van der Waals surface area contributed by atoms with Crippen molar-refractivity contribution in [2.24, 2.45) is 0 Å². The van der Waals surface area contributed by atoms with Gasteiger partial charge in [0.15, 0.2) is 0 Å². The van der Waals surface area contributed by atoms with E-state index >= 15 is 0 Å². The maximum absolute atomic E-state index is 12.4. The first-order valence-corrected chi connectivity index (χ1v) is 7.12. The van der Waals surface area contributed by atoms with Crippen LogP contribution in [0.2, 0.25) is 0 Å². The first-order chi connectivity index (χ1) is 10.7. The quantitative estimate of drug-likeness (QED) is 0.846. The molecule has 0 aliphatic carbocycles. The van der Waals surface area contributed by atoms with E-state index in [4.69, 9.17) is 9.37 Å². The lowest BCUT2D eigenvalue weighted by atomic mass is 10.2.